The largest absolute Gasteiger partial charge is 0.501 e. The lowest BCUT2D eigenvalue weighted by molar-refractivity contribution is 0.0860. The lowest BCUT2D eigenvalue weighted by atomic mass is 10.6. The van der Waals surface area contributed by atoms with Crippen LogP contribution in [0.15, 0.2) is 38.0 Å². The molecular formula is C12H22O3SSi. The second-order valence-corrected chi connectivity index (χ2v) is 6.49. The first-order valence-electron chi connectivity index (χ1n) is 5.60. The van der Waals surface area contributed by atoms with E-state index in [2.05, 4.69) is 32.4 Å². The summed E-state index contributed by atoms with van der Waals surface area (Å²) in [7, 11) is -2.64. The van der Waals surface area contributed by atoms with Crippen LogP contribution in [0.1, 0.15) is 6.42 Å². The Morgan fingerprint density at radius 3 is 1.59 bits per heavy atom. The summed E-state index contributed by atoms with van der Waals surface area (Å²) in [4.78, 5) is 0. The fraction of sp³-hybridized carbons (Fsp3) is 0.500. The fourth-order valence-corrected chi connectivity index (χ4v) is 4.06. The molecule has 0 atom stereocenters. The van der Waals surface area contributed by atoms with Crippen LogP contribution in [0.5, 0.6) is 0 Å². The lowest BCUT2D eigenvalue weighted by Crippen LogP contribution is -2.46. The first-order chi connectivity index (χ1) is 8.24. The Kier molecular flexibility index (Phi) is 10.6. The molecular weight excluding hydrogens is 252 g/mol. The highest BCUT2D eigenvalue weighted by molar-refractivity contribution is 7.80. The average Bonchev–Trinajstić information content (AvgIpc) is 2.37. The van der Waals surface area contributed by atoms with Crippen molar-refractivity contribution in [3.8, 4) is 0 Å². The molecule has 5 heteroatoms. The maximum absolute atomic E-state index is 5.73. The van der Waals surface area contributed by atoms with Gasteiger partial charge in [0, 0.05) is 6.04 Å². The highest BCUT2D eigenvalue weighted by Crippen LogP contribution is 2.18. The molecule has 0 aromatic rings. The van der Waals surface area contributed by atoms with Gasteiger partial charge >= 0.3 is 8.80 Å². The third-order valence-corrected chi connectivity index (χ3v) is 5.01. The van der Waals surface area contributed by atoms with Crippen molar-refractivity contribution in [3.05, 3.63) is 38.0 Å². The molecule has 98 valence electrons. The Labute approximate surface area is 111 Å². The van der Waals surface area contributed by atoms with Crippen LogP contribution in [-0.2, 0) is 13.3 Å². The van der Waals surface area contributed by atoms with E-state index in [-0.39, 0.29) is 0 Å². The number of thiol groups is 1. The van der Waals surface area contributed by atoms with Gasteiger partial charge in [-0.25, -0.2) is 0 Å². The molecule has 0 radical (unpaired) electrons. The fourth-order valence-electron chi connectivity index (χ4n) is 1.19. The topological polar surface area (TPSA) is 27.7 Å². The molecule has 0 aliphatic rings. The molecule has 0 N–H and O–H groups in total. The minimum Gasteiger partial charge on any atom is -0.370 e. The zero-order valence-corrected chi connectivity index (χ0v) is 12.2. The number of hydrogen-bond donors (Lipinski definition) is 1. The molecule has 0 rings (SSSR count). The molecule has 17 heavy (non-hydrogen) atoms. The Morgan fingerprint density at radius 2 is 1.29 bits per heavy atom. The van der Waals surface area contributed by atoms with Crippen molar-refractivity contribution in [2.24, 2.45) is 0 Å². The second-order valence-electron chi connectivity index (χ2n) is 3.31. The third kappa shape index (κ3) is 7.57. The quantitative estimate of drug-likeness (QED) is 0.337. The molecule has 3 nitrogen and oxygen atoms in total. The van der Waals surface area contributed by atoms with Crippen molar-refractivity contribution >= 4 is 21.4 Å². The van der Waals surface area contributed by atoms with E-state index in [0.29, 0.717) is 19.8 Å². The van der Waals surface area contributed by atoms with Gasteiger partial charge in [0.2, 0.25) is 0 Å². The highest BCUT2D eigenvalue weighted by Gasteiger charge is 2.39. The van der Waals surface area contributed by atoms with E-state index in [0.717, 1.165) is 18.2 Å². The van der Waals surface area contributed by atoms with Gasteiger partial charge in [0.15, 0.2) is 0 Å². The van der Waals surface area contributed by atoms with E-state index < -0.39 is 8.80 Å². The Bertz CT molecular complexity index is 203. The molecule has 0 saturated heterocycles. The van der Waals surface area contributed by atoms with Gasteiger partial charge < -0.3 is 13.3 Å². The Balaban J connectivity index is 4.54. The van der Waals surface area contributed by atoms with Crippen LogP contribution in [0.2, 0.25) is 6.04 Å². The SMILES string of the molecule is C=CCO[Si](CCCS)(OCC=C)OCC=C. The van der Waals surface area contributed by atoms with Gasteiger partial charge in [-0.1, -0.05) is 18.2 Å². The standard InChI is InChI=1S/C12H22O3SSi/c1-4-8-13-17(12-7-11-16,14-9-5-2)15-10-6-3/h4-6,16H,1-3,7-12H2. The van der Waals surface area contributed by atoms with E-state index in [1.165, 1.54) is 0 Å². The Hall–Kier alpha value is -0.333. The van der Waals surface area contributed by atoms with Crippen LogP contribution in [0, 0.1) is 0 Å². The van der Waals surface area contributed by atoms with E-state index in [1.807, 2.05) is 0 Å². The summed E-state index contributed by atoms with van der Waals surface area (Å²) in [5.74, 6) is 0.779. The molecule has 0 aliphatic carbocycles. The smallest absolute Gasteiger partial charge is 0.370 e. The lowest BCUT2D eigenvalue weighted by Gasteiger charge is -2.28. The first-order valence-corrected chi connectivity index (χ1v) is 8.16. The molecule has 0 fully saturated rings. The molecule has 0 unspecified atom stereocenters. The molecule has 0 aromatic heterocycles. The summed E-state index contributed by atoms with van der Waals surface area (Å²) in [5, 5.41) is 0. The van der Waals surface area contributed by atoms with Gasteiger partial charge in [0.05, 0.1) is 19.8 Å². The third-order valence-electron chi connectivity index (χ3n) is 1.90. The Morgan fingerprint density at radius 1 is 0.882 bits per heavy atom. The highest BCUT2D eigenvalue weighted by atomic mass is 32.1. The maximum Gasteiger partial charge on any atom is 0.501 e. The van der Waals surface area contributed by atoms with Gasteiger partial charge in [-0.3, -0.25) is 0 Å². The van der Waals surface area contributed by atoms with Gasteiger partial charge in [0.1, 0.15) is 0 Å². The average molecular weight is 274 g/mol. The molecule has 0 saturated carbocycles. The summed E-state index contributed by atoms with van der Waals surface area (Å²) in [5.41, 5.74) is 0. The summed E-state index contributed by atoms with van der Waals surface area (Å²) >= 11 is 4.20. The van der Waals surface area contributed by atoms with Crippen LogP contribution in [0.25, 0.3) is 0 Å². The molecule has 0 amide bonds. The van der Waals surface area contributed by atoms with Crippen LogP contribution in [0.4, 0.5) is 0 Å². The van der Waals surface area contributed by atoms with E-state index in [4.69, 9.17) is 13.3 Å². The number of hydrogen-bond acceptors (Lipinski definition) is 4. The van der Waals surface area contributed by atoms with Crippen molar-refractivity contribution in [2.75, 3.05) is 25.6 Å². The number of rotatable bonds is 12. The van der Waals surface area contributed by atoms with Crippen molar-refractivity contribution in [2.45, 2.75) is 12.5 Å². The van der Waals surface area contributed by atoms with Crippen LogP contribution in [0.3, 0.4) is 0 Å². The summed E-state index contributed by atoms with van der Waals surface area (Å²) < 4.78 is 17.2. The van der Waals surface area contributed by atoms with E-state index in [1.54, 1.807) is 18.2 Å². The zero-order valence-electron chi connectivity index (χ0n) is 10.3. The second kappa shape index (κ2) is 10.8. The van der Waals surface area contributed by atoms with Crippen molar-refractivity contribution in [1.29, 1.82) is 0 Å². The maximum atomic E-state index is 5.73. The summed E-state index contributed by atoms with van der Waals surface area (Å²) in [6.45, 7) is 12.2. The monoisotopic (exact) mass is 274 g/mol. The summed E-state index contributed by atoms with van der Waals surface area (Å²) in [6, 6.07) is 0.742. The van der Waals surface area contributed by atoms with Gasteiger partial charge in [-0.15, -0.1) is 19.7 Å². The van der Waals surface area contributed by atoms with Gasteiger partial charge in [-0.2, -0.15) is 12.6 Å². The summed E-state index contributed by atoms with van der Waals surface area (Å²) in [6.07, 6.45) is 5.96. The molecule has 0 bridgehead atoms. The van der Waals surface area contributed by atoms with E-state index in [9.17, 15) is 0 Å². The minimum atomic E-state index is -2.64. The molecule has 0 heterocycles. The first kappa shape index (κ1) is 16.7. The zero-order chi connectivity index (χ0) is 13.0. The molecule has 0 aliphatic heterocycles. The molecule has 0 spiro atoms. The van der Waals surface area contributed by atoms with Crippen LogP contribution >= 0.6 is 12.6 Å². The van der Waals surface area contributed by atoms with Crippen LogP contribution < -0.4 is 0 Å². The normalized spacial score (nSPS) is 11.1. The van der Waals surface area contributed by atoms with Gasteiger partial charge in [0.25, 0.3) is 0 Å². The van der Waals surface area contributed by atoms with E-state index >= 15 is 0 Å². The van der Waals surface area contributed by atoms with Crippen LogP contribution in [-0.4, -0.2) is 34.4 Å². The predicted octanol–water partition coefficient (Wildman–Crippen LogP) is 2.85. The predicted molar refractivity (Wildman–Crippen MR) is 77.5 cm³/mol. The van der Waals surface area contributed by atoms with Crippen molar-refractivity contribution in [3.63, 3.8) is 0 Å². The van der Waals surface area contributed by atoms with Crippen molar-refractivity contribution in [1.82, 2.24) is 0 Å². The van der Waals surface area contributed by atoms with Gasteiger partial charge in [-0.05, 0) is 12.2 Å². The minimum absolute atomic E-state index is 0.424. The van der Waals surface area contributed by atoms with Crippen molar-refractivity contribution < 1.29 is 13.3 Å². The molecule has 0 aromatic carbocycles.